The molecule has 1 aromatic rings. The monoisotopic (exact) mass is 423 g/mol. The summed E-state index contributed by atoms with van der Waals surface area (Å²) in [6, 6.07) is 5.21. The lowest BCUT2D eigenvalue weighted by Crippen LogP contribution is -2.50. The van der Waals surface area contributed by atoms with Crippen LogP contribution in [-0.2, 0) is 4.79 Å². The highest BCUT2D eigenvalue weighted by molar-refractivity contribution is 6.35. The molecule has 2 aliphatic heterocycles. The molecule has 2 aliphatic rings. The van der Waals surface area contributed by atoms with Gasteiger partial charge in [0.25, 0.3) is 0 Å². The fourth-order valence-corrected chi connectivity index (χ4v) is 3.76. The van der Waals surface area contributed by atoms with E-state index in [1.54, 1.807) is 31.5 Å². The quantitative estimate of drug-likeness (QED) is 0.481. The van der Waals surface area contributed by atoms with E-state index in [0.717, 1.165) is 25.2 Å². The van der Waals surface area contributed by atoms with Gasteiger partial charge in [-0.05, 0) is 31.0 Å². The number of carbonyl (C=O) groups is 1. The Bertz CT molecular complexity index is 804. The molecule has 5 N–H and O–H groups in total. The van der Waals surface area contributed by atoms with Gasteiger partial charge in [0.2, 0.25) is 5.91 Å². The average molecular weight is 424 g/mol. The number of nitrogens with zero attached hydrogens (tertiary/aromatic N) is 2. The molecule has 0 spiro atoms. The number of amidine groups is 1. The fourth-order valence-electron chi connectivity index (χ4n) is 3.23. The Labute approximate surface area is 173 Å². The lowest BCUT2D eigenvalue weighted by molar-refractivity contribution is -0.130. The summed E-state index contributed by atoms with van der Waals surface area (Å²) in [6.07, 6.45) is 3.45. The number of halogens is 2. The van der Waals surface area contributed by atoms with Crippen LogP contribution in [0.25, 0.3) is 0 Å². The first-order valence-electron chi connectivity index (χ1n) is 9.00. The van der Waals surface area contributed by atoms with Gasteiger partial charge in [0.1, 0.15) is 5.82 Å². The summed E-state index contributed by atoms with van der Waals surface area (Å²) in [6.45, 7) is 1.48. The van der Waals surface area contributed by atoms with E-state index in [9.17, 15) is 4.79 Å². The van der Waals surface area contributed by atoms with Crippen molar-refractivity contribution in [3.05, 3.63) is 39.6 Å². The van der Waals surface area contributed by atoms with E-state index in [1.807, 2.05) is 4.90 Å². The maximum Gasteiger partial charge on any atom is 0.241 e. The zero-order valence-corrected chi connectivity index (χ0v) is 17.0. The Hall–Kier alpha value is -2.45. The molecule has 0 unspecified atom stereocenters. The number of rotatable bonds is 6. The van der Waals surface area contributed by atoms with Gasteiger partial charge < -0.3 is 20.9 Å². The summed E-state index contributed by atoms with van der Waals surface area (Å²) in [5, 5.41) is 22.4. The topological polar surface area (TPSA) is 105 Å². The van der Waals surface area contributed by atoms with Crippen molar-refractivity contribution in [2.75, 3.05) is 32.0 Å². The van der Waals surface area contributed by atoms with E-state index in [1.165, 1.54) is 0 Å². The molecule has 1 saturated heterocycles. The van der Waals surface area contributed by atoms with Gasteiger partial charge in [-0.2, -0.15) is 5.10 Å². The summed E-state index contributed by atoms with van der Waals surface area (Å²) < 4.78 is 0. The first kappa shape index (κ1) is 20.3. The number of nitrogens with one attached hydrogen (secondary N) is 5. The van der Waals surface area contributed by atoms with Crippen LogP contribution >= 0.6 is 23.2 Å². The second kappa shape index (κ2) is 9.16. The Morgan fingerprint density at radius 2 is 2.11 bits per heavy atom. The Balaban J connectivity index is 1.57. The number of hydrogen-bond acceptors (Lipinski definition) is 6. The predicted molar refractivity (Wildman–Crippen MR) is 113 cm³/mol. The van der Waals surface area contributed by atoms with E-state index >= 15 is 0 Å². The first-order valence-corrected chi connectivity index (χ1v) is 9.76. The van der Waals surface area contributed by atoms with Crippen LogP contribution in [0.1, 0.15) is 12.8 Å². The van der Waals surface area contributed by atoms with Gasteiger partial charge in [-0.1, -0.05) is 23.2 Å². The van der Waals surface area contributed by atoms with Crippen molar-refractivity contribution in [2.24, 2.45) is 5.10 Å². The highest BCUT2D eigenvalue weighted by Gasteiger charge is 2.25. The zero-order valence-electron chi connectivity index (χ0n) is 15.5. The molecule has 2 heterocycles. The maximum absolute atomic E-state index is 12.6. The van der Waals surface area contributed by atoms with Gasteiger partial charge in [0, 0.05) is 41.9 Å². The van der Waals surface area contributed by atoms with Crippen LogP contribution in [0.4, 0.5) is 5.69 Å². The summed E-state index contributed by atoms with van der Waals surface area (Å²) in [5.41, 5.74) is 4.00. The molecular weight excluding hydrogens is 401 g/mol. The molecule has 10 heteroatoms. The Kier molecular flexibility index (Phi) is 6.64. The molecule has 0 bridgehead atoms. The van der Waals surface area contributed by atoms with Gasteiger partial charge in [0.15, 0.2) is 5.84 Å². The average Bonchev–Trinajstić information content (AvgIpc) is 3.09. The van der Waals surface area contributed by atoms with Crippen LogP contribution in [0.2, 0.25) is 10.0 Å². The van der Waals surface area contributed by atoms with Gasteiger partial charge in [-0.15, -0.1) is 0 Å². The van der Waals surface area contributed by atoms with Crippen molar-refractivity contribution in [1.29, 1.82) is 5.41 Å². The largest absolute Gasteiger partial charge is 0.376 e. The zero-order chi connectivity index (χ0) is 20.1. The lowest BCUT2D eigenvalue weighted by Gasteiger charge is -2.34. The summed E-state index contributed by atoms with van der Waals surface area (Å²) in [4.78, 5) is 14.5. The molecule has 3 rings (SSSR count). The Morgan fingerprint density at radius 1 is 1.36 bits per heavy atom. The minimum Gasteiger partial charge on any atom is -0.376 e. The van der Waals surface area contributed by atoms with Gasteiger partial charge >= 0.3 is 0 Å². The molecule has 28 heavy (non-hydrogen) atoms. The third kappa shape index (κ3) is 5.08. The number of benzene rings is 1. The van der Waals surface area contributed by atoms with Crippen molar-refractivity contribution in [3.8, 4) is 0 Å². The predicted octanol–water partition coefficient (Wildman–Crippen LogP) is 1.98. The summed E-state index contributed by atoms with van der Waals surface area (Å²) in [5.74, 6) is 0.979. The molecule has 1 aromatic carbocycles. The fraction of sp³-hybridized carbons (Fsp3) is 0.389. The smallest absolute Gasteiger partial charge is 0.241 e. The highest BCUT2D eigenvalue weighted by Crippen LogP contribution is 2.22. The molecule has 0 aliphatic carbocycles. The molecule has 1 amide bonds. The lowest BCUT2D eigenvalue weighted by atomic mass is 10.1. The van der Waals surface area contributed by atoms with E-state index in [0.29, 0.717) is 27.9 Å². The normalized spacial score (nSPS) is 20.6. The number of amides is 1. The highest BCUT2D eigenvalue weighted by atomic mass is 35.5. The SMILES string of the molecule is CN/C(N[C@H]1CCCN(C(=O)CNc2cc(Cl)cc(Cl)c2)C1)=C1/C=NNC1=N. The van der Waals surface area contributed by atoms with Crippen molar-refractivity contribution in [3.63, 3.8) is 0 Å². The third-order valence-electron chi connectivity index (χ3n) is 4.59. The molecule has 0 saturated carbocycles. The van der Waals surface area contributed by atoms with E-state index in [2.05, 4.69) is 26.5 Å². The van der Waals surface area contributed by atoms with Gasteiger partial charge in [0.05, 0.1) is 18.3 Å². The molecule has 1 atom stereocenters. The van der Waals surface area contributed by atoms with Gasteiger partial charge in [-0.3, -0.25) is 15.6 Å². The van der Waals surface area contributed by atoms with E-state index < -0.39 is 0 Å². The van der Waals surface area contributed by atoms with Crippen LogP contribution in [0, 0.1) is 5.41 Å². The molecule has 1 fully saturated rings. The maximum atomic E-state index is 12.6. The van der Waals surface area contributed by atoms with Crippen LogP contribution < -0.4 is 21.4 Å². The number of hydrazone groups is 1. The second-order valence-electron chi connectivity index (χ2n) is 6.62. The minimum absolute atomic E-state index is 0.0121. The number of carbonyl (C=O) groups excluding carboxylic acids is 1. The summed E-state index contributed by atoms with van der Waals surface area (Å²) in [7, 11) is 1.79. The molecule has 0 radical (unpaired) electrons. The molecule has 0 aromatic heterocycles. The standard InChI is InChI=1S/C18H23Cl2N7O/c1-22-18(15-8-24-26-17(15)21)25-13-3-2-4-27(10-13)16(28)9-23-14-6-11(19)5-12(20)7-14/h5-8,13,22-23,25H,2-4,9-10H2,1H3,(H2,21,26)/b18-15+/t13-/m0/s1. The van der Waals surface area contributed by atoms with Crippen LogP contribution in [-0.4, -0.2) is 55.6 Å². The minimum atomic E-state index is 0.0121. The number of anilines is 1. The van der Waals surface area contributed by atoms with E-state index in [-0.39, 0.29) is 24.3 Å². The van der Waals surface area contributed by atoms with E-state index in [4.69, 9.17) is 28.6 Å². The third-order valence-corrected chi connectivity index (χ3v) is 5.02. The first-order chi connectivity index (χ1) is 13.5. The van der Waals surface area contributed by atoms with Crippen molar-refractivity contribution in [2.45, 2.75) is 18.9 Å². The van der Waals surface area contributed by atoms with Crippen LogP contribution in [0.15, 0.2) is 34.7 Å². The van der Waals surface area contributed by atoms with Crippen molar-refractivity contribution < 1.29 is 4.79 Å². The van der Waals surface area contributed by atoms with Crippen LogP contribution in [0.3, 0.4) is 0 Å². The molecule has 8 nitrogen and oxygen atoms in total. The van der Waals surface area contributed by atoms with Gasteiger partial charge in [-0.25, -0.2) is 0 Å². The summed E-state index contributed by atoms with van der Waals surface area (Å²) >= 11 is 12.0. The Morgan fingerprint density at radius 3 is 2.75 bits per heavy atom. The number of piperidine rings is 1. The van der Waals surface area contributed by atoms with Crippen molar-refractivity contribution >= 4 is 46.8 Å². The second-order valence-corrected chi connectivity index (χ2v) is 7.49. The molecular formula is C18H23Cl2N7O. The molecule has 150 valence electrons. The van der Waals surface area contributed by atoms with Crippen LogP contribution in [0.5, 0.6) is 0 Å². The van der Waals surface area contributed by atoms with Crippen molar-refractivity contribution in [1.82, 2.24) is 21.0 Å². The number of likely N-dealkylation sites (tertiary alicyclic amines) is 1. The number of hydrogen-bond donors (Lipinski definition) is 5.